The Morgan fingerprint density at radius 3 is 2.24 bits per heavy atom. The molecule has 1 saturated carbocycles. The van der Waals surface area contributed by atoms with Crippen molar-refractivity contribution in [3.8, 4) is 0 Å². The zero-order valence-electron chi connectivity index (χ0n) is 9.47. The summed E-state index contributed by atoms with van der Waals surface area (Å²) < 4.78 is 37.1. The number of alkyl halides is 4. The lowest BCUT2D eigenvalue weighted by Crippen LogP contribution is -2.08. The first-order valence-corrected chi connectivity index (χ1v) is 6.59. The SMILES string of the molecule is CC1CC1C(Br)Cc1ccc(C(F)(F)F)cc1. The molecule has 4 heteroatoms. The maximum Gasteiger partial charge on any atom is 0.416 e. The minimum atomic E-state index is -4.24. The molecule has 2 rings (SSSR count). The molecular formula is C13H14BrF3. The molecule has 94 valence electrons. The number of hydrogen-bond donors (Lipinski definition) is 0. The van der Waals surface area contributed by atoms with Crippen molar-refractivity contribution in [2.24, 2.45) is 11.8 Å². The van der Waals surface area contributed by atoms with E-state index in [2.05, 4.69) is 22.9 Å². The van der Waals surface area contributed by atoms with Crippen molar-refractivity contribution in [2.45, 2.75) is 30.8 Å². The first-order chi connectivity index (χ1) is 7.88. The van der Waals surface area contributed by atoms with Gasteiger partial charge >= 0.3 is 6.18 Å². The zero-order chi connectivity index (χ0) is 12.6. The highest BCUT2D eigenvalue weighted by atomic mass is 79.9. The maximum absolute atomic E-state index is 12.4. The predicted octanol–water partition coefficient (Wildman–Crippen LogP) is 4.67. The van der Waals surface area contributed by atoms with Gasteiger partial charge in [-0.3, -0.25) is 0 Å². The van der Waals surface area contributed by atoms with Gasteiger partial charge < -0.3 is 0 Å². The molecule has 0 spiro atoms. The molecule has 0 amide bonds. The Bertz CT molecular complexity index is 383. The molecule has 0 saturated heterocycles. The van der Waals surface area contributed by atoms with Crippen molar-refractivity contribution >= 4 is 15.9 Å². The third kappa shape index (κ3) is 3.24. The van der Waals surface area contributed by atoms with E-state index in [0.29, 0.717) is 10.7 Å². The highest BCUT2D eigenvalue weighted by Gasteiger charge is 2.38. The van der Waals surface area contributed by atoms with Gasteiger partial charge in [-0.05, 0) is 42.4 Å². The minimum Gasteiger partial charge on any atom is -0.166 e. The maximum atomic E-state index is 12.4. The van der Waals surface area contributed by atoms with E-state index in [4.69, 9.17) is 0 Å². The third-order valence-corrected chi connectivity index (χ3v) is 4.35. The summed E-state index contributed by atoms with van der Waals surface area (Å²) in [5, 5.41) is 0. The standard InChI is InChI=1S/C13H14BrF3/c1-8-6-11(8)12(14)7-9-2-4-10(5-3-9)13(15,16)17/h2-5,8,11-12H,6-7H2,1H3. The summed E-state index contributed by atoms with van der Waals surface area (Å²) in [4.78, 5) is 0.384. The second kappa shape index (κ2) is 4.63. The summed E-state index contributed by atoms with van der Waals surface area (Å²) in [5.41, 5.74) is 0.381. The Kier molecular flexibility index (Phi) is 3.53. The van der Waals surface area contributed by atoms with Gasteiger partial charge in [0, 0.05) is 4.83 Å². The van der Waals surface area contributed by atoms with E-state index >= 15 is 0 Å². The smallest absolute Gasteiger partial charge is 0.166 e. The Morgan fingerprint density at radius 2 is 1.82 bits per heavy atom. The fourth-order valence-electron chi connectivity index (χ4n) is 2.06. The normalized spacial score (nSPS) is 25.7. The van der Waals surface area contributed by atoms with E-state index in [9.17, 15) is 13.2 Å². The first-order valence-electron chi connectivity index (χ1n) is 5.68. The van der Waals surface area contributed by atoms with Crippen LogP contribution >= 0.6 is 15.9 Å². The summed E-state index contributed by atoms with van der Waals surface area (Å²) in [6.45, 7) is 2.20. The Morgan fingerprint density at radius 1 is 1.29 bits per heavy atom. The monoisotopic (exact) mass is 306 g/mol. The average Bonchev–Trinajstić information content (AvgIpc) is 2.95. The Labute approximate surface area is 107 Å². The summed E-state index contributed by atoms with van der Waals surface area (Å²) >= 11 is 3.62. The van der Waals surface area contributed by atoms with E-state index in [0.717, 1.165) is 30.0 Å². The number of rotatable bonds is 3. The molecule has 0 aromatic heterocycles. The molecule has 0 aliphatic heterocycles. The number of benzene rings is 1. The predicted molar refractivity (Wildman–Crippen MR) is 65.1 cm³/mol. The van der Waals surface area contributed by atoms with Crippen molar-refractivity contribution in [1.82, 2.24) is 0 Å². The molecule has 1 aromatic carbocycles. The topological polar surface area (TPSA) is 0 Å². The molecule has 0 radical (unpaired) electrons. The van der Waals surface area contributed by atoms with Gasteiger partial charge in [-0.15, -0.1) is 0 Å². The largest absolute Gasteiger partial charge is 0.416 e. The fourth-order valence-corrected chi connectivity index (χ4v) is 3.17. The van der Waals surface area contributed by atoms with E-state index in [1.165, 1.54) is 6.42 Å². The van der Waals surface area contributed by atoms with Gasteiger partial charge in [0.25, 0.3) is 0 Å². The zero-order valence-corrected chi connectivity index (χ0v) is 11.1. The fraction of sp³-hybridized carbons (Fsp3) is 0.538. The van der Waals surface area contributed by atoms with Gasteiger partial charge in [0.1, 0.15) is 0 Å². The second-order valence-electron chi connectivity index (χ2n) is 4.79. The molecule has 3 atom stereocenters. The quantitative estimate of drug-likeness (QED) is 0.712. The first kappa shape index (κ1) is 12.9. The van der Waals surface area contributed by atoms with Crippen molar-refractivity contribution in [2.75, 3.05) is 0 Å². The summed E-state index contributed by atoms with van der Waals surface area (Å²) in [7, 11) is 0. The Balaban J connectivity index is 1.98. The van der Waals surface area contributed by atoms with Crippen LogP contribution < -0.4 is 0 Å². The van der Waals surface area contributed by atoms with Gasteiger partial charge in [0.2, 0.25) is 0 Å². The molecule has 0 nitrogen and oxygen atoms in total. The molecule has 3 unspecified atom stereocenters. The van der Waals surface area contributed by atoms with Crippen molar-refractivity contribution in [3.63, 3.8) is 0 Å². The van der Waals surface area contributed by atoms with Crippen LogP contribution in [0.2, 0.25) is 0 Å². The molecule has 0 bridgehead atoms. The van der Waals surface area contributed by atoms with Gasteiger partial charge in [0.05, 0.1) is 5.56 Å². The minimum absolute atomic E-state index is 0.384. The van der Waals surface area contributed by atoms with Crippen molar-refractivity contribution in [3.05, 3.63) is 35.4 Å². The van der Waals surface area contributed by atoms with E-state index in [1.807, 2.05) is 0 Å². The van der Waals surface area contributed by atoms with Crippen LogP contribution in [0.5, 0.6) is 0 Å². The van der Waals surface area contributed by atoms with Crippen LogP contribution in [0.4, 0.5) is 13.2 Å². The lowest BCUT2D eigenvalue weighted by atomic mass is 10.0. The molecule has 1 aliphatic carbocycles. The Hall–Kier alpha value is -0.510. The van der Waals surface area contributed by atoms with Crippen LogP contribution in [0.1, 0.15) is 24.5 Å². The molecule has 1 fully saturated rings. The summed E-state index contributed by atoms with van der Waals surface area (Å²) in [5.74, 6) is 1.42. The highest BCUT2D eigenvalue weighted by Crippen LogP contribution is 2.44. The molecule has 0 heterocycles. The van der Waals surface area contributed by atoms with Gasteiger partial charge in [-0.25, -0.2) is 0 Å². The van der Waals surface area contributed by atoms with Gasteiger partial charge in [-0.1, -0.05) is 35.0 Å². The van der Waals surface area contributed by atoms with Crippen molar-refractivity contribution in [1.29, 1.82) is 0 Å². The van der Waals surface area contributed by atoms with E-state index < -0.39 is 11.7 Å². The van der Waals surface area contributed by atoms with Crippen LogP contribution in [0, 0.1) is 11.8 Å². The molecule has 0 N–H and O–H groups in total. The second-order valence-corrected chi connectivity index (χ2v) is 5.97. The van der Waals surface area contributed by atoms with Gasteiger partial charge in [-0.2, -0.15) is 13.2 Å². The van der Waals surface area contributed by atoms with Crippen LogP contribution in [0.15, 0.2) is 24.3 Å². The van der Waals surface area contributed by atoms with Crippen molar-refractivity contribution < 1.29 is 13.2 Å². The summed E-state index contributed by atoms with van der Waals surface area (Å²) in [6, 6.07) is 5.46. The third-order valence-electron chi connectivity index (χ3n) is 3.35. The molecule has 1 aromatic rings. The average molecular weight is 307 g/mol. The van der Waals surface area contributed by atoms with E-state index in [-0.39, 0.29) is 0 Å². The van der Waals surface area contributed by atoms with Crippen LogP contribution in [0.3, 0.4) is 0 Å². The molecule has 1 aliphatic rings. The lowest BCUT2D eigenvalue weighted by molar-refractivity contribution is -0.137. The summed E-state index contributed by atoms with van der Waals surface area (Å²) in [6.07, 6.45) is -2.22. The van der Waals surface area contributed by atoms with E-state index in [1.54, 1.807) is 12.1 Å². The highest BCUT2D eigenvalue weighted by molar-refractivity contribution is 9.09. The number of halogens is 4. The van der Waals surface area contributed by atoms with Gasteiger partial charge in [0.15, 0.2) is 0 Å². The van der Waals surface area contributed by atoms with Crippen LogP contribution in [0.25, 0.3) is 0 Å². The van der Waals surface area contributed by atoms with Crippen LogP contribution in [-0.2, 0) is 12.6 Å². The molecular weight excluding hydrogens is 293 g/mol. The van der Waals surface area contributed by atoms with Crippen LogP contribution in [-0.4, -0.2) is 4.83 Å². The molecule has 17 heavy (non-hydrogen) atoms. The lowest BCUT2D eigenvalue weighted by Gasteiger charge is -2.10. The number of hydrogen-bond acceptors (Lipinski definition) is 0.